The van der Waals surface area contributed by atoms with Gasteiger partial charge in [-0.25, -0.2) is 0 Å². The van der Waals surface area contributed by atoms with Crippen molar-refractivity contribution in [3.63, 3.8) is 0 Å². The fourth-order valence-corrected chi connectivity index (χ4v) is 3.36. The monoisotopic (exact) mass is 608 g/mol. The van der Waals surface area contributed by atoms with Crippen LogP contribution in [0.3, 0.4) is 0 Å². The molecule has 0 aromatic heterocycles. The molecule has 0 bridgehead atoms. The van der Waals surface area contributed by atoms with E-state index in [2.05, 4.69) is 41.8 Å². The van der Waals surface area contributed by atoms with Crippen LogP contribution in [0.2, 0.25) is 0 Å². The second-order valence-corrected chi connectivity index (χ2v) is 8.25. The van der Waals surface area contributed by atoms with Crippen LogP contribution in [-0.4, -0.2) is 22.6 Å². The molecule has 33 heavy (non-hydrogen) atoms. The molecular formula is C26H20Br2N2NiO2. The molecule has 4 aromatic rings. The van der Waals surface area contributed by atoms with Crippen LogP contribution in [0, 0.1) is 0 Å². The van der Waals surface area contributed by atoms with Crippen LogP contribution in [0.4, 0.5) is 11.4 Å². The zero-order valence-corrected chi connectivity index (χ0v) is 21.4. The van der Waals surface area contributed by atoms with Crippen molar-refractivity contribution in [3.05, 3.63) is 117 Å². The number of aliphatic imine (C=N–C) groups is 2. The second kappa shape index (κ2) is 13.7. The van der Waals surface area contributed by atoms with E-state index in [0.717, 1.165) is 20.3 Å². The van der Waals surface area contributed by atoms with Gasteiger partial charge in [0, 0.05) is 49.0 Å². The summed E-state index contributed by atoms with van der Waals surface area (Å²) < 4.78 is 1.86. The molecular weight excluding hydrogens is 591 g/mol. The molecule has 7 heteroatoms. The summed E-state index contributed by atoms with van der Waals surface area (Å²) in [6.07, 6.45) is 3.30. The van der Waals surface area contributed by atoms with E-state index in [1.807, 2.05) is 72.8 Å². The summed E-state index contributed by atoms with van der Waals surface area (Å²) in [7, 11) is 0. The van der Waals surface area contributed by atoms with Crippen LogP contribution in [-0.2, 0) is 16.5 Å². The van der Waals surface area contributed by atoms with Gasteiger partial charge in [0.05, 0.1) is 11.4 Å². The van der Waals surface area contributed by atoms with Crippen LogP contribution in [0.15, 0.2) is 116 Å². The van der Waals surface area contributed by atoms with Crippen LogP contribution in [0.1, 0.15) is 11.1 Å². The van der Waals surface area contributed by atoms with Gasteiger partial charge in [-0.3, -0.25) is 9.98 Å². The Morgan fingerprint density at radius 1 is 0.515 bits per heavy atom. The second-order valence-electron chi connectivity index (χ2n) is 6.54. The number of phenolic OH excluding ortho intramolecular Hbond substituents is 2. The van der Waals surface area contributed by atoms with E-state index in [1.165, 1.54) is 0 Å². The summed E-state index contributed by atoms with van der Waals surface area (Å²) in [5.74, 6) is 0.469. The summed E-state index contributed by atoms with van der Waals surface area (Å²) in [6, 6.07) is 29.6. The molecule has 2 N–H and O–H groups in total. The minimum absolute atomic E-state index is 0. The fourth-order valence-electron chi connectivity index (χ4n) is 2.58. The van der Waals surface area contributed by atoms with Gasteiger partial charge < -0.3 is 10.2 Å². The molecule has 0 fully saturated rings. The number of aromatic hydroxyl groups is 2. The van der Waals surface area contributed by atoms with Gasteiger partial charge in [0.1, 0.15) is 11.5 Å². The first-order valence-electron chi connectivity index (χ1n) is 9.68. The standard InChI is InChI=1S/2C13H10BrNO.Ni/c2*14-11-6-2-3-7-12(11)15-9-10-5-1-4-8-13(10)16;/h2*1-9,16H;. The predicted molar refractivity (Wildman–Crippen MR) is 139 cm³/mol. The number of para-hydroxylation sites is 4. The molecule has 4 rings (SSSR count). The summed E-state index contributed by atoms with van der Waals surface area (Å²) in [6.45, 7) is 0. The van der Waals surface area contributed by atoms with Gasteiger partial charge in [0.15, 0.2) is 0 Å². The normalized spacial score (nSPS) is 10.5. The van der Waals surface area contributed by atoms with Crippen LogP contribution in [0.5, 0.6) is 11.5 Å². The van der Waals surface area contributed by atoms with E-state index in [-0.39, 0.29) is 28.0 Å². The van der Waals surface area contributed by atoms with Crippen molar-refractivity contribution in [3.8, 4) is 11.5 Å². The van der Waals surface area contributed by atoms with Crippen molar-refractivity contribution in [2.24, 2.45) is 9.98 Å². The summed E-state index contributed by atoms with van der Waals surface area (Å²) in [4.78, 5) is 8.61. The zero-order valence-electron chi connectivity index (χ0n) is 17.3. The third-order valence-electron chi connectivity index (χ3n) is 4.26. The SMILES string of the molecule is Oc1ccccc1C=Nc1ccccc1Br.Oc1ccccc1C=Nc1ccccc1Br.[Ni]. The fraction of sp³-hybridized carbons (Fsp3) is 0. The average Bonchev–Trinajstić information content (AvgIpc) is 2.80. The minimum Gasteiger partial charge on any atom is -0.507 e. The van der Waals surface area contributed by atoms with Gasteiger partial charge in [0.2, 0.25) is 0 Å². The van der Waals surface area contributed by atoms with Gasteiger partial charge in [-0.05, 0) is 80.4 Å². The molecule has 0 spiro atoms. The maximum atomic E-state index is 9.55. The van der Waals surface area contributed by atoms with E-state index in [4.69, 9.17) is 0 Å². The van der Waals surface area contributed by atoms with Gasteiger partial charge >= 0.3 is 0 Å². The Bertz CT molecular complexity index is 1050. The van der Waals surface area contributed by atoms with E-state index in [0.29, 0.717) is 11.1 Å². The Morgan fingerprint density at radius 3 is 1.21 bits per heavy atom. The molecule has 0 aliphatic carbocycles. The molecule has 170 valence electrons. The number of halogens is 2. The van der Waals surface area contributed by atoms with E-state index in [9.17, 15) is 10.2 Å². The molecule has 0 heterocycles. The quantitative estimate of drug-likeness (QED) is 0.183. The Labute approximate surface area is 219 Å². The van der Waals surface area contributed by atoms with Crippen molar-refractivity contribution in [2.75, 3.05) is 0 Å². The molecule has 0 aliphatic heterocycles. The number of benzene rings is 4. The van der Waals surface area contributed by atoms with Gasteiger partial charge in [-0.1, -0.05) is 48.5 Å². The zero-order chi connectivity index (χ0) is 22.8. The van der Waals surface area contributed by atoms with Gasteiger partial charge in [-0.2, -0.15) is 0 Å². The first kappa shape index (κ1) is 26.5. The number of rotatable bonds is 4. The minimum atomic E-state index is 0. The first-order valence-corrected chi connectivity index (χ1v) is 11.3. The van der Waals surface area contributed by atoms with Crippen molar-refractivity contribution in [1.29, 1.82) is 0 Å². The first-order chi connectivity index (χ1) is 15.5. The number of hydrogen-bond acceptors (Lipinski definition) is 4. The molecule has 0 saturated carbocycles. The third kappa shape index (κ3) is 8.28. The molecule has 4 nitrogen and oxygen atoms in total. The Morgan fingerprint density at radius 2 is 0.848 bits per heavy atom. The molecule has 0 amide bonds. The van der Waals surface area contributed by atoms with Gasteiger partial charge in [-0.15, -0.1) is 0 Å². The van der Waals surface area contributed by atoms with Crippen molar-refractivity contribution < 1.29 is 26.7 Å². The summed E-state index contributed by atoms with van der Waals surface area (Å²) in [5.41, 5.74) is 3.09. The topological polar surface area (TPSA) is 65.2 Å². The Hall–Kier alpha value is -2.73. The van der Waals surface area contributed by atoms with Crippen molar-refractivity contribution in [2.45, 2.75) is 0 Å². The third-order valence-corrected chi connectivity index (χ3v) is 5.60. The van der Waals surface area contributed by atoms with Crippen LogP contribution >= 0.6 is 31.9 Å². The smallest absolute Gasteiger partial charge is 0.124 e. The maximum absolute atomic E-state index is 9.55. The van der Waals surface area contributed by atoms with Crippen LogP contribution < -0.4 is 0 Å². The molecule has 0 atom stereocenters. The summed E-state index contributed by atoms with van der Waals surface area (Å²) >= 11 is 6.82. The van der Waals surface area contributed by atoms with E-state index in [1.54, 1.807) is 36.7 Å². The van der Waals surface area contributed by atoms with Gasteiger partial charge in [0.25, 0.3) is 0 Å². The average molecular weight is 611 g/mol. The Kier molecular flexibility index (Phi) is 11.0. The molecule has 0 unspecified atom stereocenters. The van der Waals surface area contributed by atoms with E-state index < -0.39 is 0 Å². The van der Waals surface area contributed by atoms with Crippen molar-refractivity contribution >= 4 is 55.7 Å². The summed E-state index contributed by atoms with van der Waals surface area (Å²) in [5, 5.41) is 19.1. The number of hydrogen-bond donors (Lipinski definition) is 2. The molecule has 0 radical (unpaired) electrons. The van der Waals surface area contributed by atoms with E-state index >= 15 is 0 Å². The largest absolute Gasteiger partial charge is 0.507 e. The Balaban J connectivity index is 0.000000227. The number of phenols is 2. The van der Waals surface area contributed by atoms with Crippen LogP contribution in [0.25, 0.3) is 0 Å². The van der Waals surface area contributed by atoms with Crippen molar-refractivity contribution in [1.82, 2.24) is 0 Å². The molecule has 0 saturated heterocycles. The number of nitrogens with zero attached hydrogens (tertiary/aromatic N) is 2. The maximum Gasteiger partial charge on any atom is 0.124 e. The molecule has 0 aliphatic rings. The molecule has 4 aromatic carbocycles. The predicted octanol–water partition coefficient (Wildman–Crippen LogP) is 7.81.